The maximum absolute atomic E-state index is 12.3. The summed E-state index contributed by atoms with van der Waals surface area (Å²) in [7, 11) is 1.37. The van der Waals surface area contributed by atoms with Crippen molar-refractivity contribution in [2.45, 2.75) is 39.0 Å². The van der Waals surface area contributed by atoms with E-state index in [1.54, 1.807) is 11.0 Å². The first-order valence-corrected chi connectivity index (χ1v) is 9.47. The summed E-state index contributed by atoms with van der Waals surface area (Å²) in [6.07, 6.45) is -0.270. The minimum atomic E-state index is -0.494. The number of nitrogens with one attached hydrogen (secondary N) is 1. The van der Waals surface area contributed by atoms with Gasteiger partial charge in [0, 0.05) is 26.2 Å². The first kappa shape index (κ1) is 20.0. The fourth-order valence-electron chi connectivity index (χ4n) is 3.33. The molecule has 1 amide bonds. The molecule has 2 heterocycles. The molecular formula is C20H28N4O4. The second-order valence-electron chi connectivity index (χ2n) is 7.98. The highest BCUT2D eigenvalue weighted by molar-refractivity contribution is 5.89. The molecule has 0 saturated carbocycles. The molecule has 3 rings (SSSR count). The number of rotatable bonds is 3. The topological polar surface area (TPSA) is 83.5 Å². The van der Waals surface area contributed by atoms with Crippen molar-refractivity contribution in [3.8, 4) is 0 Å². The molecule has 1 atom stereocenters. The molecular weight excluding hydrogens is 360 g/mol. The predicted molar refractivity (Wildman–Crippen MR) is 105 cm³/mol. The molecule has 2 aliphatic heterocycles. The van der Waals surface area contributed by atoms with Crippen LogP contribution in [-0.2, 0) is 16.0 Å². The van der Waals surface area contributed by atoms with Gasteiger partial charge >= 0.3 is 12.1 Å². The molecule has 0 spiro atoms. The monoisotopic (exact) mass is 388 g/mol. The summed E-state index contributed by atoms with van der Waals surface area (Å²) in [4.78, 5) is 32.5. The van der Waals surface area contributed by atoms with Crippen molar-refractivity contribution >= 4 is 18.0 Å². The molecule has 1 unspecified atom stereocenters. The van der Waals surface area contributed by atoms with Gasteiger partial charge in [-0.15, -0.1) is 0 Å². The lowest BCUT2D eigenvalue weighted by atomic mass is 10.1. The van der Waals surface area contributed by atoms with E-state index in [2.05, 4.69) is 15.2 Å². The van der Waals surface area contributed by atoms with Crippen LogP contribution in [0.4, 0.5) is 4.79 Å². The summed E-state index contributed by atoms with van der Waals surface area (Å²) >= 11 is 0. The molecule has 0 aliphatic carbocycles. The van der Waals surface area contributed by atoms with E-state index in [0.717, 1.165) is 11.5 Å². The first-order valence-electron chi connectivity index (χ1n) is 9.47. The third-order valence-corrected chi connectivity index (χ3v) is 4.66. The van der Waals surface area contributed by atoms with Crippen LogP contribution >= 0.6 is 0 Å². The molecule has 1 aromatic rings. The lowest BCUT2D eigenvalue weighted by Gasteiger charge is -2.39. The van der Waals surface area contributed by atoms with Crippen LogP contribution in [-0.4, -0.2) is 72.8 Å². The quantitative estimate of drug-likeness (QED) is 0.796. The average Bonchev–Trinajstić information content (AvgIpc) is 3.07. The number of benzene rings is 1. The van der Waals surface area contributed by atoms with E-state index in [0.29, 0.717) is 38.3 Å². The largest absolute Gasteiger partial charge is 0.465 e. The number of ether oxygens (including phenoxy) is 2. The molecule has 28 heavy (non-hydrogen) atoms. The highest BCUT2D eigenvalue weighted by Gasteiger charge is 2.36. The molecule has 0 aromatic heterocycles. The number of piperazine rings is 1. The van der Waals surface area contributed by atoms with Gasteiger partial charge in [-0.1, -0.05) is 12.1 Å². The molecule has 1 N–H and O–H groups in total. The molecule has 2 aliphatic rings. The van der Waals surface area contributed by atoms with Gasteiger partial charge in [-0.05, 0) is 38.5 Å². The van der Waals surface area contributed by atoms with Crippen molar-refractivity contribution in [2.24, 2.45) is 4.99 Å². The summed E-state index contributed by atoms with van der Waals surface area (Å²) in [5.41, 5.74) is 1.01. The van der Waals surface area contributed by atoms with Crippen LogP contribution < -0.4 is 5.32 Å². The van der Waals surface area contributed by atoms with Gasteiger partial charge in [0.25, 0.3) is 0 Å². The van der Waals surface area contributed by atoms with Crippen LogP contribution in [0.25, 0.3) is 0 Å². The molecule has 1 saturated heterocycles. The Morgan fingerprint density at radius 2 is 2.07 bits per heavy atom. The minimum absolute atomic E-state index is 0.158. The standard InChI is InChI=1S/C20H28N4O4/c1-20(2,3)28-19(26)23-8-9-24-16(13-23)12-22-18(24)21-11-14-6-5-7-15(10-14)17(25)27-4/h5-7,10,16H,8-9,11-13H2,1-4H3,(H,21,22). The van der Waals surface area contributed by atoms with Gasteiger partial charge < -0.3 is 24.6 Å². The summed E-state index contributed by atoms with van der Waals surface area (Å²) in [5, 5.41) is 3.35. The summed E-state index contributed by atoms with van der Waals surface area (Å²) in [6.45, 7) is 8.72. The van der Waals surface area contributed by atoms with Crippen LogP contribution in [0.15, 0.2) is 29.3 Å². The zero-order valence-corrected chi connectivity index (χ0v) is 16.9. The molecule has 152 valence electrons. The lowest BCUT2D eigenvalue weighted by Crippen LogP contribution is -2.57. The number of methoxy groups -OCH3 is 1. The second-order valence-corrected chi connectivity index (χ2v) is 7.98. The number of aliphatic imine (C=N–C) groups is 1. The van der Waals surface area contributed by atoms with Crippen LogP contribution in [0.5, 0.6) is 0 Å². The van der Waals surface area contributed by atoms with E-state index in [9.17, 15) is 9.59 Å². The number of hydrogen-bond donors (Lipinski definition) is 1. The van der Waals surface area contributed by atoms with Gasteiger partial charge in [0.05, 0.1) is 25.3 Å². The Bertz CT molecular complexity index is 772. The van der Waals surface area contributed by atoms with Crippen molar-refractivity contribution < 1.29 is 19.1 Å². The number of hydrogen-bond acceptors (Lipinski definition) is 7. The Morgan fingerprint density at radius 1 is 1.29 bits per heavy atom. The van der Waals surface area contributed by atoms with Crippen molar-refractivity contribution in [3.05, 3.63) is 35.4 Å². The zero-order chi connectivity index (χ0) is 20.3. The zero-order valence-electron chi connectivity index (χ0n) is 16.9. The van der Waals surface area contributed by atoms with E-state index in [4.69, 9.17) is 9.47 Å². The fourth-order valence-corrected chi connectivity index (χ4v) is 3.33. The maximum atomic E-state index is 12.3. The van der Waals surface area contributed by atoms with Gasteiger partial charge in [-0.25, -0.2) is 9.59 Å². The number of carbonyl (C=O) groups is 2. The van der Waals surface area contributed by atoms with Crippen LogP contribution in [0.1, 0.15) is 36.7 Å². The van der Waals surface area contributed by atoms with Crippen LogP contribution in [0.3, 0.4) is 0 Å². The summed E-state index contributed by atoms with van der Waals surface area (Å²) < 4.78 is 10.2. The highest BCUT2D eigenvalue weighted by atomic mass is 16.6. The van der Waals surface area contributed by atoms with Crippen molar-refractivity contribution in [3.63, 3.8) is 0 Å². The molecule has 1 fully saturated rings. The van der Waals surface area contributed by atoms with Crippen LogP contribution in [0, 0.1) is 0 Å². The maximum Gasteiger partial charge on any atom is 0.410 e. The van der Waals surface area contributed by atoms with E-state index in [1.807, 2.05) is 39.0 Å². The Labute approximate surface area is 165 Å². The third kappa shape index (κ3) is 4.74. The fraction of sp³-hybridized carbons (Fsp3) is 0.550. The van der Waals surface area contributed by atoms with Gasteiger partial charge in [-0.3, -0.25) is 4.99 Å². The van der Waals surface area contributed by atoms with Crippen LogP contribution in [0.2, 0.25) is 0 Å². The molecule has 8 nitrogen and oxygen atoms in total. The number of amides is 1. The van der Waals surface area contributed by atoms with Crippen molar-refractivity contribution in [1.82, 2.24) is 15.1 Å². The number of fused-ring (bicyclic) bond motifs is 1. The van der Waals surface area contributed by atoms with Gasteiger partial charge in [0.15, 0.2) is 5.96 Å². The van der Waals surface area contributed by atoms with E-state index >= 15 is 0 Å². The van der Waals surface area contributed by atoms with Crippen molar-refractivity contribution in [1.29, 1.82) is 0 Å². The second kappa shape index (κ2) is 8.08. The van der Waals surface area contributed by atoms with Gasteiger partial charge in [0.2, 0.25) is 0 Å². The van der Waals surface area contributed by atoms with E-state index in [1.165, 1.54) is 7.11 Å². The number of carbonyl (C=O) groups excluding carboxylic acids is 2. The van der Waals surface area contributed by atoms with E-state index in [-0.39, 0.29) is 18.1 Å². The smallest absolute Gasteiger partial charge is 0.410 e. The molecule has 0 radical (unpaired) electrons. The van der Waals surface area contributed by atoms with Gasteiger partial charge in [0.1, 0.15) is 5.60 Å². The molecule has 8 heteroatoms. The van der Waals surface area contributed by atoms with E-state index < -0.39 is 5.60 Å². The Kier molecular flexibility index (Phi) is 5.76. The summed E-state index contributed by atoms with van der Waals surface area (Å²) in [5.74, 6) is 0.482. The third-order valence-electron chi connectivity index (χ3n) is 4.66. The predicted octanol–water partition coefficient (Wildman–Crippen LogP) is 1.85. The number of nitrogens with zero attached hydrogens (tertiary/aromatic N) is 3. The summed E-state index contributed by atoms with van der Waals surface area (Å²) in [6, 6.07) is 7.49. The Hall–Kier alpha value is -2.77. The Balaban J connectivity index is 1.54. The molecule has 1 aromatic carbocycles. The first-order chi connectivity index (χ1) is 13.3. The molecule has 0 bridgehead atoms. The van der Waals surface area contributed by atoms with Crippen molar-refractivity contribution in [2.75, 3.05) is 33.3 Å². The number of guanidine groups is 1. The lowest BCUT2D eigenvalue weighted by molar-refractivity contribution is 0.0137. The Morgan fingerprint density at radius 3 is 2.79 bits per heavy atom. The highest BCUT2D eigenvalue weighted by Crippen LogP contribution is 2.19. The number of esters is 1. The van der Waals surface area contributed by atoms with Gasteiger partial charge in [-0.2, -0.15) is 0 Å². The SMILES string of the molecule is COC(=O)c1cccc(CNC2=NCC3CN(C(=O)OC(C)(C)C)CCN23)c1. The average molecular weight is 388 g/mol. The normalized spacial score (nSPS) is 19.0. The minimum Gasteiger partial charge on any atom is -0.465 e.